The van der Waals surface area contributed by atoms with Crippen molar-refractivity contribution in [2.24, 2.45) is 5.92 Å². The Kier molecular flexibility index (Phi) is 7.72. The summed E-state index contributed by atoms with van der Waals surface area (Å²) in [6.07, 6.45) is 8.82. The van der Waals surface area contributed by atoms with Gasteiger partial charge in [-0.1, -0.05) is 56.5 Å². The van der Waals surface area contributed by atoms with Gasteiger partial charge in [0.15, 0.2) is 5.11 Å². The Labute approximate surface area is 200 Å². The lowest BCUT2D eigenvalue weighted by atomic mass is 9.84. The molecule has 0 saturated heterocycles. The van der Waals surface area contributed by atoms with Crippen LogP contribution in [0.4, 0.5) is 11.4 Å². The van der Waals surface area contributed by atoms with E-state index in [2.05, 4.69) is 78.4 Å². The number of hydrogen-bond acceptors (Lipinski definition) is 2. The van der Waals surface area contributed by atoms with E-state index in [0.29, 0.717) is 12.0 Å². The van der Waals surface area contributed by atoms with E-state index in [1.54, 1.807) is 0 Å². The Balaban J connectivity index is 1.56. The molecule has 2 atom stereocenters. The molecule has 0 spiro atoms. The third-order valence-electron chi connectivity index (χ3n) is 7.24. The van der Waals surface area contributed by atoms with Gasteiger partial charge in [-0.2, -0.15) is 0 Å². The summed E-state index contributed by atoms with van der Waals surface area (Å²) in [5, 5.41) is 4.40. The fraction of sp³-hybridized carbons (Fsp3) is 0.536. The fourth-order valence-electron chi connectivity index (χ4n) is 5.46. The molecule has 0 aromatic heterocycles. The molecule has 1 fully saturated rings. The minimum Gasteiger partial charge on any atom is -0.371 e. The second-order valence-electron chi connectivity index (χ2n) is 9.81. The summed E-state index contributed by atoms with van der Waals surface area (Å²) in [5.74, 6) is 0.666. The average Bonchev–Trinajstić information content (AvgIpc) is 2.80. The lowest BCUT2D eigenvalue weighted by molar-refractivity contribution is 0.177. The van der Waals surface area contributed by atoms with Gasteiger partial charge in [0.25, 0.3) is 0 Å². The lowest BCUT2D eigenvalue weighted by Gasteiger charge is -2.40. The highest BCUT2D eigenvalue weighted by Crippen LogP contribution is 2.32. The molecule has 1 aliphatic carbocycles. The van der Waals surface area contributed by atoms with E-state index in [1.807, 2.05) is 0 Å². The first-order chi connectivity index (χ1) is 15.5. The van der Waals surface area contributed by atoms with E-state index in [1.165, 1.54) is 73.9 Å². The van der Waals surface area contributed by atoms with Crippen molar-refractivity contribution in [3.63, 3.8) is 0 Å². The smallest absolute Gasteiger partial charge is 0.173 e. The first-order valence-electron chi connectivity index (χ1n) is 12.6. The highest BCUT2D eigenvalue weighted by molar-refractivity contribution is 7.80. The van der Waals surface area contributed by atoms with Crippen LogP contribution in [-0.2, 0) is 13.0 Å². The van der Waals surface area contributed by atoms with Gasteiger partial charge in [-0.05, 0) is 86.5 Å². The first-order valence-corrected chi connectivity index (χ1v) is 13.0. The highest BCUT2D eigenvalue weighted by atomic mass is 32.1. The summed E-state index contributed by atoms with van der Waals surface area (Å²) >= 11 is 6.00. The zero-order valence-corrected chi connectivity index (χ0v) is 20.9. The number of thiocarbonyl (C=S) groups is 1. The molecule has 0 unspecified atom stereocenters. The topological polar surface area (TPSA) is 18.5 Å². The molecule has 4 rings (SSSR count). The second-order valence-corrected chi connectivity index (χ2v) is 10.2. The summed E-state index contributed by atoms with van der Waals surface area (Å²) in [4.78, 5) is 5.04. The van der Waals surface area contributed by atoms with Crippen molar-refractivity contribution in [2.75, 3.05) is 23.3 Å². The molecule has 1 heterocycles. The van der Waals surface area contributed by atoms with Crippen molar-refractivity contribution in [1.82, 2.24) is 4.90 Å². The Hall–Kier alpha value is -2.07. The summed E-state index contributed by atoms with van der Waals surface area (Å²) in [5.41, 5.74) is 6.68. The SMILES string of the molecule is CCCN1CCCc2cc(CN(C(=S)Nc3ccc(C)cc3)[C@H]3CCCC[C@@H]3C)ccc21. The van der Waals surface area contributed by atoms with Crippen molar-refractivity contribution >= 4 is 28.7 Å². The van der Waals surface area contributed by atoms with E-state index in [4.69, 9.17) is 12.2 Å². The van der Waals surface area contributed by atoms with Crippen LogP contribution in [0.2, 0.25) is 0 Å². The van der Waals surface area contributed by atoms with Crippen molar-refractivity contribution in [3.05, 3.63) is 59.2 Å². The van der Waals surface area contributed by atoms with Gasteiger partial charge < -0.3 is 15.1 Å². The number of nitrogens with one attached hydrogen (secondary N) is 1. The number of aryl methyl sites for hydroxylation is 2. The summed E-state index contributed by atoms with van der Waals surface area (Å²) in [6, 6.07) is 16.2. The summed E-state index contributed by atoms with van der Waals surface area (Å²) in [7, 11) is 0. The third kappa shape index (κ3) is 5.46. The van der Waals surface area contributed by atoms with Crippen molar-refractivity contribution in [1.29, 1.82) is 0 Å². The maximum absolute atomic E-state index is 6.00. The van der Waals surface area contributed by atoms with E-state index in [-0.39, 0.29) is 0 Å². The molecule has 4 heteroatoms. The Morgan fingerprint density at radius 1 is 1.09 bits per heavy atom. The highest BCUT2D eigenvalue weighted by Gasteiger charge is 2.29. The van der Waals surface area contributed by atoms with Gasteiger partial charge in [-0.15, -0.1) is 0 Å². The van der Waals surface area contributed by atoms with Gasteiger partial charge >= 0.3 is 0 Å². The monoisotopic (exact) mass is 449 g/mol. The van der Waals surface area contributed by atoms with Crippen molar-refractivity contribution in [3.8, 4) is 0 Å². The first kappa shape index (κ1) is 23.1. The van der Waals surface area contributed by atoms with E-state index in [0.717, 1.165) is 23.9 Å². The van der Waals surface area contributed by atoms with Crippen LogP contribution in [0.3, 0.4) is 0 Å². The number of rotatable bonds is 6. The van der Waals surface area contributed by atoms with Crippen LogP contribution in [-0.4, -0.2) is 29.1 Å². The maximum atomic E-state index is 6.00. The third-order valence-corrected chi connectivity index (χ3v) is 7.57. The molecule has 2 aromatic rings. The van der Waals surface area contributed by atoms with Gasteiger partial charge in [0.05, 0.1) is 0 Å². The van der Waals surface area contributed by atoms with Crippen molar-refractivity contribution < 1.29 is 0 Å². The molecule has 3 nitrogen and oxygen atoms in total. The van der Waals surface area contributed by atoms with E-state index >= 15 is 0 Å². The molecular weight excluding hydrogens is 410 g/mol. The van der Waals surface area contributed by atoms with Gasteiger partial charge in [0.2, 0.25) is 0 Å². The molecule has 0 radical (unpaired) electrons. The molecule has 0 amide bonds. The van der Waals surface area contributed by atoms with Crippen LogP contribution in [0.1, 0.15) is 69.1 Å². The Bertz CT molecular complexity index is 907. The molecule has 1 N–H and O–H groups in total. The van der Waals surface area contributed by atoms with Crippen LogP contribution in [0, 0.1) is 12.8 Å². The van der Waals surface area contributed by atoms with Crippen LogP contribution in [0.25, 0.3) is 0 Å². The Morgan fingerprint density at radius 2 is 1.88 bits per heavy atom. The molecular formula is C28H39N3S. The molecule has 0 bridgehead atoms. The van der Waals surface area contributed by atoms with Gasteiger partial charge in [0, 0.05) is 37.1 Å². The molecule has 1 saturated carbocycles. The zero-order chi connectivity index (χ0) is 22.5. The molecule has 32 heavy (non-hydrogen) atoms. The number of benzene rings is 2. The zero-order valence-electron chi connectivity index (χ0n) is 20.1. The normalized spacial score (nSPS) is 20.5. The van der Waals surface area contributed by atoms with Gasteiger partial charge in [-0.25, -0.2) is 0 Å². The van der Waals surface area contributed by atoms with Crippen LogP contribution in [0.5, 0.6) is 0 Å². The van der Waals surface area contributed by atoms with E-state index in [9.17, 15) is 0 Å². The number of fused-ring (bicyclic) bond motifs is 1. The standard InChI is InChI=1S/C28H39N3S/c1-4-17-30-18-7-9-24-19-23(13-16-27(24)30)20-31(26-10-6-5-8-22(26)3)28(32)29-25-14-11-21(2)12-15-25/h11-16,19,22,26H,4-10,17-18,20H2,1-3H3,(H,29,32)/t22-,26-/m0/s1. The van der Waals surface area contributed by atoms with Crippen LogP contribution < -0.4 is 10.2 Å². The average molecular weight is 450 g/mol. The minimum absolute atomic E-state index is 0.502. The number of hydrogen-bond donors (Lipinski definition) is 1. The van der Waals surface area contributed by atoms with Gasteiger partial charge in [0.1, 0.15) is 0 Å². The predicted molar refractivity (Wildman–Crippen MR) is 142 cm³/mol. The molecule has 2 aromatic carbocycles. The largest absolute Gasteiger partial charge is 0.371 e. The number of anilines is 2. The Morgan fingerprint density at radius 3 is 2.62 bits per heavy atom. The quantitative estimate of drug-likeness (QED) is 0.481. The minimum atomic E-state index is 0.502. The number of nitrogens with zero attached hydrogens (tertiary/aromatic N) is 2. The lowest BCUT2D eigenvalue weighted by Crippen LogP contribution is -2.46. The van der Waals surface area contributed by atoms with Crippen LogP contribution in [0.15, 0.2) is 42.5 Å². The maximum Gasteiger partial charge on any atom is 0.173 e. The molecule has 172 valence electrons. The second kappa shape index (κ2) is 10.7. The predicted octanol–water partition coefficient (Wildman–Crippen LogP) is 6.94. The van der Waals surface area contributed by atoms with Crippen LogP contribution >= 0.6 is 12.2 Å². The van der Waals surface area contributed by atoms with Gasteiger partial charge in [-0.3, -0.25) is 0 Å². The van der Waals surface area contributed by atoms with Crippen molar-refractivity contribution in [2.45, 2.75) is 78.3 Å². The van der Waals surface area contributed by atoms with E-state index < -0.39 is 0 Å². The molecule has 2 aliphatic rings. The molecule has 1 aliphatic heterocycles. The summed E-state index contributed by atoms with van der Waals surface area (Å²) in [6.45, 7) is 10.0. The fourth-order valence-corrected chi connectivity index (χ4v) is 5.77. The summed E-state index contributed by atoms with van der Waals surface area (Å²) < 4.78 is 0.